The summed E-state index contributed by atoms with van der Waals surface area (Å²) in [5.74, 6) is 0.912. The number of fused-ring (bicyclic) bond motifs is 1. The number of aromatic nitrogens is 2. The fourth-order valence-electron chi connectivity index (χ4n) is 1.54. The zero-order valence-electron chi connectivity index (χ0n) is 9.23. The van der Waals surface area contributed by atoms with Crippen molar-refractivity contribution in [1.29, 1.82) is 0 Å². The molecular formula is C12H5BrCl2N2OS. The van der Waals surface area contributed by atoms with E-state index in [9.17, 15) is 0 Å². The molecule has 0 aliphatic carbocycles. The number of hydrogen-bond acceptors (Lipinski definition) is 4. The maximum atomic E-state index is 6.09. The Labute approximate surface area is 131 Å². The van der Waals surface area contributed by atoms with E-state index in [4.69, 9.17) is 27.9 Å². The summed E-state index contributed by atoms with van der Waals surface area (Å²) in [5.41, 5.74) is 0. The van der Waals surface area contributed by atoms with Crippen LogP contribution in [0.15, 0.2) is 34.1 Å². The van der Waals surface area contributed by atoms with Crippen molar-refractivity contribution in [1.82, 2.24) is 9.97 Å². The summed E-state index contributed by atoms with van der Waals surface area (Å²) in [6.07, 6.45) is 0. The molecular weight excluding hydrogens is 371 g/mol. The molecule has 2 heterocycles. The molecule has 96 valence electrons. The Morgan fingerprint density at radius 1 is 1.16 bits per heavy atom. The standard InChI is InChI=1S/C12H5BrCl2N2OS/c13-6-1-2-8(14)9(5-6)18-10-7-3-4-19-11(7)17-12(15)16-10/h1-5H. The highest BCUT2D eigenvalue weighted by Crippen LogP contribution is 2.35. The Kier molecular flexibility index (Phi) is 3.62. The molecule has 0 amide bonds. The highest BCUT2D eigenvalue weighted by Gasteiger charge is 2.12. The van der Waals surface area contributed by atoms with Gasteiger partial charge < -0.3 is 4.74 Å². The van der Waals surface area contributed by atoms with Crippen molar-refractivity contribution in [3.05, 3.63) is 44.4 Å². The third-order valence-electron chi connectivity index (χ3n) is 2.36. The van der Waals surface area contributed by atoms with E-state index in [0.29, 0.717) is 16.7 Å². The number of benzene rings is 1. The maximum absolute atomic E-state index is 6.09. The van der Waals surface area contributed by atoms with Crippen molar-refractivity contribution < 1.29 is 4.74 Å². The Morgan fingerprint density at radius 2 is 2.00 bits per heavy atom. The van der Waals surface area contributed by atoms with Gasteiger partial charge in [-0.2, -0.15) is 4.98 Å². The van der Waals surface area contributed by atoms with Crippen LogP contribution in [0.4, 0.5) is 0 Å². The Balaban J connectivity index is 2.10. The minimum atomic E-state index is 0.149. The lowest BCUT2D eigenvalue weighted by atomic mass is 10.3. The van der Waals surface area contributed by atoms with Crippen LogP contribution < -0.4 is 4.74 Å². The summed E-state index contributed by atoms with van der Waals surface area (Å²) >= 11 is 16.8. The van der Waals surface area contributed by atoms with E-state index in [-0.39, 0.29) is 5.28 Å². The van der Waals surface area contributed by atoms with Gasteiger partial charge in [0.2, 0.25) is 11.2 Å². The molecule has 0 fully saturated rings. The van der Waals surface area contributed by atoms with Crippen molar-refractivity contribution >= 4 is 60.7 Å². The molecule has 3 rings (SSSR count). The van der Waals surface area contributed by atoms with E-state index in [2.05, 4.69) is 25.9 Å². The highest BCUT2D eigenvalue weighted by molar-refractivity contribution is 9.10. The first-order chi connectivity index (χ1) is 9.13. The van der Waals surface area contributed by atoms with Gasteiger partial charge in [-0.25, -0.2) is 4.98 Å². The fourth-order valence-corrected chi connectivity index (χ4v) is 3.00. The Hall–Kier alpha value is -0.880. The van der Waals surface area contributed by atoms with Crippen LogP contribution in [0.2, 0.25) is 10.3 Å². The smallest absolute Gasteiger partial charge is 0.232 e. The summed E-state index contributed by atoms with van der Waals surface area (Å²) < 4.78 is 6.62. The van der Waals surface area contributed by atoms with Crippen LogP contribution in [0.3, 0.4) is 0 Å². The van der Waals surface area contributed by atoms with Crippen molar-refractivity contribution in [2.75, 3.05) is 0 Å². The number of nitrogens with zero attached hydrogens (tertiary/aromatic N) is 2. The van der Waals surface area contributed by atoms with Gasteiger partial charge >= 0.3 is 0 Å². The molecule has 19 heavy (non-hydrogen) atoms. The summed E-state index contributed by atoms with van der Waals surface area (Å²) in [5, 5.41) is 3.37. The summed E-state index contributed by atoms with van der Waals surface area (Å²) in [4.78, 5) is 9.01. The lowest BCUT2D eigenvalue weighted by Gasteiger charge is -2.08. The van der Waals surface area contributed by atoms with Crippen molar-refractivity contribution in [2.45, 2.75) is 0 Å². The molecule has 0 unspecified atom stereocenters. The van der Waals surface area contributed by atoms with Gasteiger partial charge in [-0.15, -0.1) is 11.3 Å². The van der Waals surface area contributed by atoms with Crippen molar-refractivity contribution in [2.24, 2.45) is 0 Å². The summed E-state index contributed by atoms with van der Waals surface area (Å²) in [6.45, 7) is 0. The summed E-state index contributed by atoms with van der Waals surface area (Å²) in [7, 11) is 0. The lowest BCUT2D eigenvalue weighted by molar-refractivity contribution is 0.468. The minimum absolute atomic E-state index is 0.149. The van der Waals surface area contributed by atoms with E-state index in [1.165, 1.54) is 11.3 Å². The Bertz CT molecular complexity index is 763. The van der Waals surface area contributed by atoms with Crippen LogP contribution in [0, 0.1) is 0 Å². The third kappa shape index (κ3) is 2.69. The molecule has 3 nitrogen and oxygen atoms in total. The summed E-state index contributed by atoms with van der Waals surface area (Å²) in [6, 6.07) is 7.24. The molecule has 1 aromatic carbocycles. The van der Waals surface area contributed by atoms with Gasteiger partial charge in [0.1, 0.15) is 10.6 Å². The van der Waals surface area contributed by atoms with Gasteiger partial charge in [-0.05, 0) is 41.2 Å². The molecule has 0 saturated carbocycles. The van der Waals surface area contributed by atoms with Gasteiger partial charge in [-0.1, -0.05) is 27.5 Å². The molecule has 0 saturated heterocycles. The SMILES string of the molecule is Clc1nc(Oc2cc(Br)ccc2Cl)c2ccsc2n1. The first-order valence-corrected chi connectivity index (χ1v) is 7.60. The van der Waals surface area contributed by atoms with E-state index in [1.807, 2.05) is 17.5 Å². The van der Waals surface area contributed by atoms with Gasteiger partial charge in [-0.3, -0.25) is 0 Å². The average Bonchev–Trinajstić information content (AvgIpc) is 2.82. The van der Waals surface area contributed by atoms with Gasteiger partial charge in [0, 0.05) is 4.47 Å². The molecule has 0 radical (unpaired) electrons. The van der Waals surface area contributed by atoms with Crippen LogP contribution >= 0.6 is 50.5 Å². The third-order valence-corrected chi connectivity index (χ3v) is 4.14. The second kappa shape index (κ2) is 5.25. The monoisotopic (exact) mass is 374 g/mol. The molecule has 3 aromatic rings. The normalized spacial score (nSPS) is 10.9. The minimum Gasteiger partial charge on any atom is -0.437 e. The van der Waals surface area contributed by atoms with Crippen LogP contribution in [-0.4, -0.2) is 9.97 Å². The molecule has 0 bridgehead atoms. The predicted molar refractivity (Wildman–Crippen MR) is 81.7 cm³/mol. The zero-order valence-corrected chi connectivity index (χ0v) is 13.1. The predicted octanol–water partition coefficient (Wildman–Crippen LogP) is 5.55. The molecule has 7 heteroatoms. The van der Waals surface area contributed by atoms with Gasteiger partial charge in [0.05, 0.1) is 10.4 Å². The molecule has 2 aromatic heterocycles. The topological polar surface area (TPSA) is 35.0 Å². The van der Waals surface area contributed by atoms with Crippen LogP contribution in [0.5, 0.6) is 11.6 Å². The van der Waals surface area contributed by atoms with E-state index in [1.54, 1.807) is 12.1 Å². The van der Waals surface area contributed by atoms with Gasteiger partial charge in [0.15, 0.2) is 0 Å². The maximum Gasteiger partial charge on any atom is 0.232 e. The van der Waals surface area contributed by atoms with Gasteiger partial charge in [0.25, 0.3) is 0 Å². The lowest BCUT2D eigenvalue weighted by Crippen LogP contribution is -1.91. The van der Waals surface area contributed by atoms with Crippen molar-refractivity contribution in [3.63, 3.8) is 0 Å². The highest BCUT2D eigenvalue weighted by atomic mass is 79.9. The van der Waals surface area contributed by atoms with Crippen molar-refractivity contribution in [3.8, 4) is 11.6 Å². The molecule has 0 aliphatic rings. The number of halogens is 3. The quantitative estimate of drug-likeness (QED) is 0.550. The second-order valence-electron chi connectivity index (χ2n) is 3.61. The van der Waals surface area contributed by atoms with E-state index >= 15 is 0 Å². The molecule has 0 aliphatic heterocycles. The second-order valence-corrected chi connectivity index (χ2v) is 6.17. The number of ether oxygens (including phenoxy) is 1. The molecule has 0 spiro atoms. The van der Waals surface area contributed by atoms with Crippen LogP contribution in [0.1, 0.15) is 0 Å². The van der Waals surface area contributed by atoms with Crippen LogP contribution in [0.25, 0.3) is 10.2 Å². The average molecular weight is 376 g/mol. The van der Waals surface area contributed by atoms with Crippen LogP contribution in [-0.2, 0) is 0 Å². The van der Waals surface area contributed by atoms with E-state index in [0.717, 1.165) is 14.7 Å². The number of hydrogen-bond donors (Lipinski definition) is 0. The number of thiophene rings is 1. The Morgan fingerprint density at radius 3 is 2.84 bits per heavy atom. The zero-order chi connectivity index (χ0) is 13.4. The van der Waals surface area contributed by atoms with E-state index < -0.39 is 0 Å². The molecule has 0 N–H and O–H groups in total. The number of rotatable bonds is 2. The largest absolute Gasteiger partial charge is 0.437 e. The molecule has 0 atom stereocenters. The fraction of sp³-hybridized carbons (Fsp3) is 0. The first-order valence-electron chi connectivity index (χ1n) is 5.17. The first kappa shape index (κ1) is 13.1.